The van der Waals surface area contributed by atoms with Crippen molar-refractivity contribution in [2.45, 2.75) is 18.7 Å². The summed E-state index contributed by atoms with van der Waals surface area (Å²) in [6.45, 7) is 4.72. The first-order valence-corrected chi connectivity index (χ1v) is 6.26. The lowest BCUT2D eigenvalue weighted by atomic mass is 10.2. The maximum atomic E-state index is 11.6. The quantitative estimate of drug-likeness (QED) is 0.646. The highest BCUT2D eigenvalue weighted by molar-refractivity contribution is 8.00. The lowest BCUT2D eigenvalue weighted by Crippen LogP contribution is -2.27. The van der Waals surface area contributed by atoms with Crippen molar-refractivity contribution >= 4 is 23.4 Å². The predicted molar refractivity (Wildman–Crippen MR) is 69.6 cm³/mol. The fourth-order valence-electron chi connectivity index (χ4n) is 1.19. The van der Waals surface area contributed by atoms with Crippen LogP contribution < -0.4 is 5.73 Å². The van der Waals surface area contributed by atoms with Crippen LogP contribution in [-0.4, -0.2) is 30.2 Å². The van der Waals surface area contributed by atoms with Crippen molar-refractivity contribution in [2.24, 2.45) is 0 Å². The van der Waals surface area contributed by atoms with Gasteiger partial charge in [-0.3, -0.25) is 4.79 Å². The van der Waals surface area contributed by atoms with Gasteiger partial charge in [0.05, 0.1) is 5.75 Å². The molecule has 16 heavy (non-hydrogen) atoms. The molecule has 0 fully saturated rings. The Morgan fingerprint density at radius 1 is 1.50 bits per heavy atom. The molecule has 2 N–H and O–H groups in total. The Balaban J connectivity index is 2.61. The molecule has 0 heterocycles. The molecular formula is C12H18N2OS. The third-order valence-corrected chi connectivity index (χ3v) is 3.48. The number of benzene rings is 1. The number of anilines is 1. The molecule has 0 aliphatic rings. The van der Waals surface area contributed by atoms with E-state index in [9.17, 15) is 4.79 Å². The molecule has 0 saturated carbocycles. The maximum Gasteiger partial charge on any atom is 0.232 e. The van der Waals surface area contributed by atoms with E-state index in [-0.39, 0.29) is 5.91 Å². The van der Waals surface area contributed by atoms with Crippen LogP contribution in [0.4, 0.5) is 5.69 Å². The van der Waals surface area contributed by atoms with Crippen LogP contribution in [0, 0.1) is 6.92 Å². The number of aryl methyl sites for hydroxylation is 1. The van der Waals surface area contributed by atoms with Crippen molar-refractivity contribution in [1.82, 2.24) is 4.90 Å². The molecule has 0 unspecified atom stereocenters. The summed E-state index contributed by atoms with van der Waals surface area (Å²) < 4.78 is 0. The van der Waals surface area contributed by atoms with Gasteiger partial charge in [0.2, 0.25) is 5.91 Å². The molecule has 1 aromatic carbocycles. The molecule has 1 amide bonds. The van der Waals surface area contributed by atoms with Gasteiger partial charge in [-0.2, -0.15) is 0 Å². The average Bonchev–Trinajstić information content (AvgIpc) is 2.28. The van der Waals surface area contributed by atoms with Gasteiger partial charge in [0, 0.05) is 24.2 Å². The number of hydrogen-bond acceptors (Lipinski definition) is 3. The van der Waals surface area contributed by atoms with Crippen LogP contribution in [0.3, 0.4) is 0 Å². The summed E-state index contributed by atoms with van der Waals surface area (Å²) in [6.07, 6.45) is 0. The second-order valence-corrected chi connectivity index (χ2v) is 4.76. The van der Waals surface area contributed by atoms with Crippen LogP contribution in [-0.2, 0) is 4.79 Å². The fourth-order valence-corrected chi connectivity index (χ4v) is 2.20. The van der Waals surface area contributed by atoms with Gasteiger partial charge in [0.15, 0.2) is 0 Å². The van der Waals surface area contributed by atoms with Gasteiger partial charge in [-0.1, -0.05) is 6.07 Å². The van der Waals surface area contributed by atoms with Gasteiger partial charge in [-0.05, 0) is 31.5 Å². The Bertz CT molecular complexity index is 379. The van der Waals surface area contributed by atoms with E-state index in [4.69, 9.17) is 5.73 Å². The van der Waals surface area contributed by atoms with Gasteiger partial charge in [0.25, 0.3) is 0 Å². The van der Waals surface area contributed by atoms with E-state index < -0.39 is 0 Å². The lowest BCUT2D eigenvalue weighted by Gasteiger charge is -2.14. The first kappa shape index (κ1) is 12.9. The summed E-state index contributed by atoms with van der Waals surface area (Å²) in [5.74, 6) is 0.575. The minimum Gasteiger partial charge on any atom is -0.398 e. The van der Waals surface area contributed by atoms with Crippen molar-refractivity contribution in [2.75, 3.05) is 25.1 Å². The first-order valence-electron chi connectivity index (χ1n) is 5.27. The number of nitrogen functional groups attached to an aromatic ring is 1. The van der Waals surface area contributed by atoms with E-state index in [2.05, 4.69) is 0 Å². The summed E-state index contributed by atoms with van der Waals surface area (Å²) in [5.41, 5.74) is 7.74. The van der Waals surface area contributed by atoms with Crippen LogP contribution in [0.5, 0.6) is 0 Å². The van der Waals surface area contributed by atoms with Gasteiger partial charge in [0.1, 0.15) is 0 Å². The van der Waals surface area contributed by atoms with Crippen molar-refractivity contribution in [1.29, 1.82) is 0 Å². The van der Waals surface area contributed by atoms with Crippen LogP contribution in [0.15, 0.2) is 23.1 Å². The molecule has 88 valence electrons. The normalized spacial score (nSPS) is 10.2. The molecule has 1 rings (SSSR count). The third-order valence-electron chi connectivity index (χ3n) is 2.42. The van der Waals surface area contributed by atoms with Gasteiger partial charge < -0.3 is 10.6 Å². The minimum atomic E-state index is 0.133. The number of nitrogens with two attached hydrogens (primary N) is 1. The number of carbonyl (C=O) groups excluding carboxylic acids is 1. The molecule has 0 saturated heterocycles. The molecular weight excluding hydrogens is 220 g/mol. The summed E-state index contributed by atoms with van der Waals surface area (Å²) in [7, 11) is 1.81. The van der Waals surface area contributed by atoms with Crippen LogP contribution in [0.2, 0.25) is 0 Å². The van der Waals surface area contributed by atoms with Crippen LogP contribution >= 0.6 is 11.8 Å². The van der Waals surface area contributed by atoms with Crippen molar-refractivity contribution in [3.8, 4) is 0 Å². The summed E-state index contributed by atoms with van der Waals surface area (Å²) in [5, 5.41) is 0. The number of rotatable bonds is 4. The van der Waals surface area contributed by atoms with E-state index >= 15 is 0 Å². The molecule has 3 nitrogen and oxygen atoms in total. The molecule has 0 aliphatic heterocycles. The molecule has 0 bridgehead atoms. The topological polar surface area (TPSA) is 46.3 Å². The molecule has 4 heteroatoms. The SMILES string of the molecule is CCN(C)C(=O)CSc1cc(C)ccc1N. The zero-order valence-corrected chi connectivity index (χ0v) is 10.8. The van der Waals surface area contributed by atoms with E-state index in [0.29, 0.717) is 5.75 Å². The molecule has 1 aromatic rings. The van der Waals surface area contributed by atoms with Gasteiger partial charge in [-0.15, -0.1) is 11.8 Å². The van der Waals surface area contributed by atoms with Gasteiger partial charge in [-0.25, -0.2) is 0 Å². The van der Waals surface area contributed by atoms with E-state index in [1.807, 2.05) is 39.1 Å². The molecule has 0 atom stereocenters. The smallest absolute Gasteiger partial charge is 0.232 e. The molecule has 0 spiro atoms. The zero-order valence-electron chi connectivity index (χ0n) is 9.99. The zero-order chi connectivity index (χ0) is 12.1. The van der Waals surface area contributed by atoms with E-state index in [1.165, 1.54) is 11.8 Å². The molecule has 0 aliphatic carbocycles. The van der Waals surface area contributed by atoms with Crippen molar-refractivity contribution < 1.29 is 4.79 Å². The van der Waals surface area contributed by atoms with Gasteiger partial charge >= 0.3 is 0 Å². The molecule has 0 radical (unpaired) electrons. The highest BCUT2D eigenvalue weighted by atomic mass is 32.2. The number of hydrogen-bond donors (Lipinski definition) is 1. The number of carbonyl (C=O) groups is 1. The second-order valence-electron chi connectivity index (χ2n) is 3.74. The Kier molecular flexibility index (Phi) is 4.68. The Morgan fingerprint density at radius 3 is 2.81 bits per heavy atom. The average molecular weight is 238 g/mol. The highest BCUT2D eigenvalue weighted by Gasteiger charge is 2.08. The Labute approximate surface area is 101 Å². The van der Waals surface area contributed by atoms with Crippen LogP contribution in [0.1, 0.15) is 12.5 Å². The monoisotopic (exact) mass is 238 g/mol. The largest absolute Gasteiger partial charge is 0.398 e. The minimum absolute atomic E-state index is 0.133. The number of nitrogens with zero attached hydrogens (tertiary/aromatic N) is 1. The molecule has 0 aromatic heterocycles. The number of amides is 1. The summed E-state index contributed by atoms with van der Waals surface area (Å²) in [6, 6.07) is 5.87. The standard InChI is InChI=1S/C12H18N2OS/c1-4-14(3)12(15)8-16-11-7-9(2)5-6-10(11)13/h5-7H,4,8,13H2,1-3H3. The lowest BCUT2D eigenvalue weighted by molar-refractivity contribution is -0.126. The van der Waals surface area contributed by atoms with Crippen LogP contribution in [0.25, 0.3) is 0 Å². The van der Waals surface area contributed by atoms with Crippen molar-refractivity contribution in [3.05, 3.63) is 23.8 Å². The Hall–Kier alpha value is -1.16. The summed E-state index contributed by atoms with van der Waals surface area (Å²) >= 11 is 1.50. The van der Waals surface area contributed by atoms with E-state index in [1.54, 1.807) is 4.90 Å². The predicted octanol–water partition coefficient (Wildman–Crippen LogP) is 2.15. The number of thioether (sulfide) groups is 1. The Morgan fingerprint density at radius 2 is 2.19 bits per heavy atom. The van der Waals surface area contributed by atoms with E-state index in [0.717, 1.165) is 22.7 Å². The van der Waals surface area contributed by atoms with Crippen molar-refractivity contribution in [3.63, 3.8) is 0 Å². The highest BCUT2D eigenvalue weighted by Crippen LogP contribution is 2.25. The second kappa shape index (κ2) is 5.80. The maximum absolute atomic E-state index is 11.6. The summed E-state index contributed by atoms with van der Waals surface area (Å²) in [4.78, 5) is 14.3. The first-order chi connectivity index (χ1) is 7.54. The fraction of sp³-hybridized carbons (Fsp3) is 0.417. The third kappa shape index (κ3) is 3.45.